The average molecular weight is 411 g/mol. The Kier molecular flexibility index (Phi) is 6.08. The van der Waals surface area contributed by atoms with Crippen molar-refractivity contribution in [1.29, 1.82) is 0 Å². The van der Waals surface area contributed by atoms with Crippen molar-refractivity contribution in [2.45, 2.75) is 12.8 Å². The summed E-state index contributed by atoms with van der Waals surface area (Å²) in [6, 6.07) is 6.41. The fourth-order valence-electron chi connectivity index (χ4n) is 3.78. The van der Waals surface area contributed by atoms with Gasteiger partial charge in [-0.2, -0.15) is 0 Å². The SMILES string of the molecule is O=C1COc2cccc(O)c2C(=O)N1CCCCN1CCN(c2ncccn2)CC1. The molecule has 0 aliphatic carbocycles. The van der Waals surface area contributed by atoms with Gasteiger partial charge in [0.2, 0.25) is 5.95 Å². The molecule has 0 atom stereocenters. The van der Waals surface area contributed by atoms with Gasteiger partial charge in [-0.3, -0.25) is 19.4 Å². The van der Waals surface area contributed by atoms with Crippen molar-refractivity contribution in [3.05, 3.63) is 42.2 Å². The normalized spacial score (nSPS) is 17.5. The monoisotopic (exact) mass is 411 g/mol. The molecule has 1 saturated heterocycles. The zero-order valence-corrected chi connectivity index (χ0v) is 16.7. The number of benzene rings is 1. The lowest BCUT2D eigenvalue weighted by Crippen LogP contribution is -2.47. The third-order valence-electron chi connectivity index (χ3n) is 5.43. The lowest BCUT2D eigenvalue weighted by Gasteiger charge is -2.34. The minimum absolute atomic E-state index is 0.0580. The number of carbonyl (C=O) groups is 2. The number of carbonyl (C=O) groups excluding carboxylic acids is 2. The van der Waals surface area contributed by atoms with Crippen molar-refractivity contribution in [2.24, 2.45) is 0 Å². The number of phenols is 1. The number of nitrogens with zero attached hydrogens (tertiary/aromatic N) is 5. The van der Waals surface area contributed by atoms with Crippen LogP contribution in [0.1, 0.15) is 23.2 Å². The molecule has 9 nitrogen and oxygen atoms in total. The summed E-state index contributed by atoms with van der Waals surface area (Å²) in [5, 5.41) is 10.0. The second-order valence-corrected chi connectivity index (χ2v) is 7.37. The van der Waals surface area contributed by atoms with Crippen molar-refractivity contribution in [2.75, 3.05) is 50.8 Å². The molecule has 2 aliphatic heterocycles. The Labute approximate surface area is 174 Å². The number of ether oxygens (including phenoxy) is 1. The van der Waals surface area contributed by atoms with E-state index in [9.17, 15) is 14.7 Å². The fourth-order valence-corrected chi connectivity index (χ4v) is 3.78. The number of anilines is 1. The molecule has 9 heteroatoms. The van der Waals surface area contributed by atoms with Gasteiger partial charge in [0, 0.05) is 45.1 Å². The van der Waals surface area contributed by atoms with E-state index in [1.54, 1.807) is 24.5 Å². The average Bonchev–Trinajstić information content (AvgIpc) is 2.89. The Morgan fingerprint density at radius 2 is 1.70 bits per heavy atom. The van der Waals surface area contributed by atoms with E-state index in [1.807, 2.05) is 6.07 Å². The predicted octanol–water partition coefficient (Wildman–Crippen LogP) is 1.15. The molecule has 3 heterocycles. The number of amides is 2. The maximum Gasteiger partial charge on any atom is 0.268 e. The second kappa shape index (κ2) is 9.08. The smallest absolute Gasteiger partial charge is 0.268 e. The van der Waals surface area contributed by atoms with E-state index in [-0.39, 0.29) is 29.6 Å². The molecule has 0 saturated carbocycles. The van der Waals surface area contributed by atoms with Crippen LogP contribution in [0.5, 0.6) is 11.5 Å². The van der Waals surface area contributed by atoms with Crippen LogP contribution < -0.4 is 9.64 Å². The fraction of sp³-hybridized carbons (Fsp3) is 0.429. The molecule has 1 aromatic heterocycles. The van der Waals surface area contributed by atoms with E-state index in [4.69, 9.17) is 4.74 Å². The van der Waals surface area contributed by atoms with Crippen LogP contribution in [0.4, 0.5) is 5.95 Å². The van der Waals surface area contributed by atoms with Crippen LogP contribution in [0.2, 0.25) is 0 Å². The van der Waals surface area contributed by atoms with Gasteiger partial charge in [0.1, 0.15) is 17.1 Å². The molecule has 0 spiro atoms. The highest BCUT2D eigenvalue weighted by Gasteiger charge is 2.31. The van der Waals surface area contributed by atoms with Crippen molar-refractivity contribution < 1.29 is 19.4 Å². The standard InChI is InChI=1S/C21H25N5O4/c27-16-5-3-6-17-19(16)20(29)26(18(28)15-30-17)10-2-1-9-24-11-13-25(14-12-24)21-22-7-4-8-23-21/h3-8,27H,1-2,9-15H2. The molecule has 1 aromatic carbocycles. The van der Waals surface area contributed by atoms with Crippen LogP contribution in [0, 0.1) is 0 Å². The zero-order valence-electron chi connectivity index (χ0n) is 16.7. The van der Waals surface area contributed by atoms with Gasteiger partial charge in [-0.05, 0) is 37.6 Å². The summed E-state index contributed by atoms with van der Waals surface area (Å²) in [6.07, 6.45) is 5.07. The number of hydrogen-bond donors (Lipinski definition) is 1. The molecule has 1 N–H and O–H groups in total. The summed E-state index contributed by atoms with van der Waals surface area (Å²) in [5.41, 5.74) is 0.0580. The number of aromatic hydroxyl groups is 1. The van der Waals surface area contributed by atoms with Crippen LogP contribution in [0.25, 0.3) is 0 Å². The number of imide groups is 1. The van der Waals surface area contributed by atoms with Gasteiger partial charge in [-0.15, -0.1) is 0 Å². The van der Waals surface area contributed by atoms with Gasteiger partial charge in [0.05, 0.1) is 0 Å². The first-order valence-corrected chi connectivity index (χ1v) is 10.2. The highest BCUT2D eigenvalue weighted by atomic mass is 16.5. The third kappa shape index (κ3) is 4.35. The quantitative estimate of drug-likeness (QED) is 0.558. The van der Waals surface area contributed by atoms with E-state index < -0.39 is 5.91 Å². The minimum atomic E-state index is -0.498. The Bertz CT molecular complexity index is 900. The number of aromatic nitrogens is 2. The second-order valence-electron chi connectivity index (χ2n) is 7.37. The van der Waals surface area contributed by atoms with Gasteiger partial charge < -0.3 is 14.7 Å². The molecule has 30 heavy (non-hydrogen) atoms. The number of hydrogen-bond acceptors (Lipinski definition) is 8. The zero-order chi connectivity index (χ0) is 20.9. The molecule has 158 valence electrons. The number of phenolic OH excluding ortho intramolecular Hbond substituents is 1. The molecule has 2 amide bonds. The van der Waals surface area contributed by atoms with Gasteiger partial charge >= 0.3 is 0 Å². The highest BCUT2D eigenvalue weighted by molar-refractivity contribution is 6.09. The van der Waals surface area contributed by atoms with Crippen molar-refractivity contribution >= 4 is 17.8 Å². The third-order valence-corrected chi connectivity index (χ3v) is 5.43. The van der Waals surface area contributed by atoms with Gasteiger partial charge in [0.15, 0.2) is 6.61 Å². The van der Waals surface area contributed by atoms with Crippen molar-refractivity contribution in [1.82, 2.24) is 19.8 Å². The Morgan fingerprint density at radius 3 is 2.47 bits per heavy atom. The number of fused-ring (bicyclic) bond motifs is 1. The van der Waals surface area contributed by atoms with Gasteiger partial charge in [-0.25, -0.2) is 9.97 Å². The Hall–Kier alpha value is -3.20. The van der Waals surface area contributed by atoms with Crippen LogP contribution in [-0.4, -0.2) is 82.6 Å². The summed E-state index contributed by atoms with van der Waals surface area (Å²) in [7, 11) is 0. The van der Waals surface area contributed by atoms with E-state index in [1.165, 1.54) is 11.0 Å². The molecule has 0 unspecified atom stereocenters. The van der Waals surface area contributed by atoms with Gasteiger partial charge in [-0.1, -0.05) is 6.07 Å². The Balaban J connectivity index is 1.25. The first-order valence-electron chi connectivity index (χ1n) is 10.2. The van der Waals surface area contributed by atoms with Crippen LogP contribution in [-0.2, 0) is 4.79 Å². The first-order chi connectivity index (χ1) is 14.6. The maximum absolute atomic E-state index is 12.8. The van der Waals surface area contributed by atoms with E-state index in [2.05, 4.69) is 19.8 Å². The van der Waals surface area contributed by atoms with E-state index >= 15 is 0 Å². The molecular weight excluding hydrogens is 386 g/mol. The topological polar surface area (TPSA) is 99.1 Å². The highest BCUT2D eigenvalue weighted by Crippen LogP contribution is 2.31. The number of unbranched alkanes of at least 4 members (excludes halogenated alkanes) is 1. The molecule has 0 bridgehead atoms. The van der Waals surface area contributed by atoms with Crippen LogP contribution in [0.3, 0.4) is 0 Å². The van der Waals surface area contributed by atoms with Crippen molar-refractivity contribution in [3.63, 3.8) is 0 Å². The summed E-state index contributed by atoms with van der Waals surface area (Å²) in [6.45, 7) is 4.61. The molecule has 2 aromatic rings. The predicted molar refractivity (Wildman–Crippen MR) is 110 cm³/mol. The Morgan fingerprint density at radius 1 is 0.967 bits per heavy atom. The summed E-state index contributed by atoms with van der Waals surface area (Å²) < 4.78 is 5.40. The number of piperazine rings is 1. The summed E-state index contributed by atoms with van der Waals surface area (Å²) in [4.78, 5) is 39.4. The molecule has 0 radical (unpaired) electrons. The van der Waals surface area contributed by atoms with Crippen LogP contribution in [0.15, 0.2) is 36.7 Å². The van der Waals surface area contributed by atoms with E-state index in [0.717, 1.165) is 45.1 Å². The largest absolute Gasteiger partial charge is 0.507 e. The molecule has 1 fully saturated rings. The lowest BCUT2D eigenvalue weighted by molar-refractivity contribution is -0.130. The van der Waals surface area contributed by atoms with Gasteiger partial charge in [0.25, 0.3) is 11.8 Å². The maximum atomic E-state index is 12.8. The van der Waals surface area contributed by atoms with Crippen LogP contribution >= 0.6 is 0 Å². The van der Waals surface area contributed by atoms with Crippen molar-refractivity contribution in [3.8, 4) is 11.5 Å². The number of rotatable bonds is 6. The summed E-state index contributed by atoms with van der Waals surface area (Å²) >= 11 is 0. The minimum Gasteiger partial charge on any atom is -0.507 e. The summed E-state index contributed by atoms with van der Waals surface area (Å²) in [5.74, 6) is -0.0381. The lowest BCUT2D eigenvalue weighted by atomic mass is 10.1. The molecular formula is C21H25N5O4. The molecule has 2 aliphatic rings. The molecule has 4 rings (SSSR count). The first kappa shape index (κ1) is 20.1. The van der Waals surface area contributed by atoms with E-state index in [0.29, 0.717) is 13.0 Å².